The fourth-order valence-corrected chi connectivity index (χ4v) is 4.11. The van der Waals surface area contributed by atoms with E-state index in [1.165, 1.54) is 0 Å². The monoisotopic (exact) mass is 482 g/mol. The number of ether oxygens (including phenoxy) is 1. The van der Waals surface area contributed by atoms with Crippen molar-refractivity contribution < 1.29 is 19.1 Å². The first kappa shape index (κ1) is 23.8. The van der Waals surface area contributed by atoms with Gasteiger partial charge >= 0.3 is 0 Å². The predicted molar refractivity (Wildman–Crippen MR) is 131 cm³/mol. The number of amides is 3. The summed E-state index contributed by atoms with van der Waals surface area (Å²) in [6.07, 6.45) is 0.316. The zero-order valence-corrected chi connectivity index (χ0v) is 20.0. The van der Waals surface area contributed by atoms with E-state index in [0.29, 0.717) is 30.2 Å². The molecule has 3 amide bonds. The summed E-state index contributed by atoms with van der Waals surface area (Å²) in [4.78, 5) is 43.3. The summed E-state index contributed by atoms with van der Waals surface area (Å²) in [5.41, 5.74) is 1.89. The second kappa shape index (κ2) is 10.3. The van der Waals surface area contributed by atoms with Crippen molar-refractivity contribution in [3.63, 3.8) is 0 Å². The van der Waals surface area contributed by atoms with Crippen LogP contribution in [0.3, 0.4) is 0 Å². The molecule has 1 fully saturated rings. The molecule has 9 heteroatoms. The van der Waals surface area contributed by atoms with Crippen LogP contribution in [-0.2, 0) is 20.8 Å². The van der Waals surface area contributed by atoms with E-state index in [1.54, 1.807) is 36.4 Å². The average Bonchev–Trinajstić information content (AvgIpc) is 3.04. The van der Waals surface area contributed by atoms with Crippen LogP contribution in [0.25, 0.3) is 0 Å². The van der Waals surface area contributed by atoms with Crippen LogP contribution in [0.5, 0.6) is 5.75 Å². The number of nitrogens with zero attached hydrogens (tertiary/aromatic N) is 3. The fourth-order valence-electron chi connectivity index (χ4n) is 3.90. The second-order valence-electron chi connectivity index (χ2n) is 8.24. The maximum absolute atomic E-state index is 13.0. The van der Waals surface area contributed by atoms with Crippen LogP contribution in [0.1, 0.15) is 12.5 Å². The van der Waals surface area contributed by atoms with Crippen molar-refractivity contribution in [3.8, 4) is 5.75 Å². The maximum atomic E-state index is 13.0. The molecule has 178 valence electrons. The number of hydrogen-bond donors (Lipinski definition) is 1. The van der Waals surface area contributed by atoms with Gasteiger partial charge in [0.05, 0.1) is 18.7 Å². The lowest BCUT2D eigenvalue weighted by Crippen LogP contribution is -2.47. The number of carbonyl (C=O) groups excluding carboxylic acids is 3. The third kappa shape index (κ3) is 5.08. The van der Waals surface area contributed by atoms with E-state index in [2.05, 4.69) is 17.3 Å². The van der Waals surface area contributed by atoms with Gasteiger partial charge in [0.2, 0.25) is 5.91 Å². The quantitative estimate of drug-likeness (QED) is 0.611. The van der Waals surface area contributed by atoms with Crippen LogP contribution in [0.4, 0.5) is 11.4 Å². The minimum atomic E-state index is -0.590. The van der Waals surface area contributed by atoms with Crippen molar-refractivity contribution in [1.29, 1.82) is 0 Å². The first-order valence-corrected chi connectivity index (χ1v) is 11.6. The average molecular weight is 483 g/mol. The van der Waals surface area contributed by atoms with Gasteiger partial charge in [-0.25, -0.2) is 4.90 Å². The highest BCUT2D eigenvalue weighted by molar-refractivity contribution is 6.53. The molecule has 2 aromatic carbocycles. The number of imide groups is 1. The van der Waals surface area contributed by atoms with Crippen molar-refractivity contribution in [3.05, 3.63) is 64.8 Å². The number of hydrogen-bond acceptors (Lipinski definition) is 6. The highest BCUT2D eigenvalue weighted by Gasteiger charge is 2.39. The lowest BCUT2D eigenvalue weighted by atomic mass is 10.1. The molecule has 0 aliphatic carbocycles. The first-order chi connectivity index (χ1) is 16.4. The summed E-state index contributed by atoms with van der Waals surface area (Å²) < 4.78 is 5.41. The Morgan fingerprint density at radius 2 is 1.62 bits per heavy atom. The van der Waals surface area contributed by atoms with E-state index in [9.17, 15) is 14.4 Å². The third-order valence-electron chi connectivity index (χ3n) is 5.87. The Bertz CT molecular complexity index is 1110. The van der Waals surface area contributed by atoms with Gasteiger partial charge in [-0.15, -0.1) is 0 Å². The van der Waals surface area contributed by atoms with Crippen molar-refractivity contribution in [1.82, 2.24) is 9.80 Å². The van der Waals surface area contributed by atoms with Crippen LogP contribution < -0.4 is 15.0 Å². The molecule has 0 bridgehead atoms. The standard InChI is InChI=1S/C25H27ClN4O4/c1-3-34-20-10-8-19(9-11-20)30-24(32)22(26)23(25(30)33)27-18-6-4-17(5-7-18)16-21(31)29-14-12-28(2)13-15-29/h4-11,27H,3,12-16H2,1-2H3. The molecule has 2 heterocycles. The van der Waals surface area contributed by atoms with E-state index in [4.69, 9.17) is 16.3 Å². The molecular weight excluding hydrogens is 456 g/mol. The topological polar surface area (TPSA) is 82.2 Å². The first-order valence-electron chi connectivity index (χ1n) is 11.2. The van der Waals surface area contributed by atoms with Gasteiger partial charge in [-0.2, -0.15) is 0 Å². The molecule has 2 aliphatic heterocycles. The lowest BCUT2D eigenvalue weighted by molar-refractivity contribution is -0.132. The van der Waals surface area contributed by atoms with Gasteiger partial charge in [0.15, 0.2) is 0 Å². The Labute approximate surface area is 203 Å². The number of nitrogens with one attached hydrogen (secondary N) is 1. The number of likely N-dealkylation sites (N-methyl/N-ethyl adjacent to an activating group) is 1. The summed E-state index contributed by atoms with van der Waals surface area (Å²) in [6.45, 7) is 5.63. The van der Waals surface area contributed by atoms with Crippen molar-refractivity contribution in [2.24, 2.45) is 0 Å². The smallest absolute Gasteiger partial charge is 0.283 e. The molecule has 1 N–H and O–H groups in total. The van der Waals surface area contributed by atoms with Crippen LogP contribution in [0.15, 0.2) is 59.3 Å². The molecule has 4 rings (SSSR count). The van der Waals surface area contributed by atoms with E-state index in [-0.39, 0.29) is 16.6 Å². The van der Waals surface area contributed by atoms with Gasteiger partial charge in [-0.1, -0.05) is 23.7 Å². The number of rotatable bonds is 7. The number of piperazine rings is 1. The number of halogens is 1. The second-order valence-corrected chi connectivity index (χ2v) is 8.62. The Balaban J connectivity index is 1.40. The van der Waals surface area contributed by atoms with E-state index < -0.39 is 11.8 Å². The summed E-state index contributed by atoms with van der Waals surface area (Å²) in [5.74, 6) is -0.378. The Kier molecular flexibility index (Phi) is 7.19. The summed E-state index contributed by atoms with van der Waals surface area (Å²) in [7, 11) is 2.05. The Morgan fingerprint density at radius 1 is 0.971 bits per heavy atom. The molecule has 0 spiro atoms. The summed E-state index contributed by atoms with van der Waals surface area (Å²) in [5, 5.41) is 2.79. The molecule has 2 aliphatic rings. The van der Waals surface area contributed by atoms with E-state index in [1.807, 2.05) is 24.0 Å². The van der Waals surface area contributed by atoms with Crippen molar-refractivity contribution in [2.75, 3.05) is 50.1 Å². The van der Waals surface area contributed by atoms with Gasteiger partial charge in [0.1, 0.15) is 16.5 Å². The van der Waals surface area contributed by atoms with Crippen LogP contribution in [-0.4, -0.2) is 67.4 Å². The molecule has 0 radical (unpaired) electrons. The fraction of sp³-hybridized carbons (Fsp3) is 0.320. The van der Waals surface area contributed by atoms with Crippen LogP contribution >= 0.6 is 11.6 Å². The largest absolute Gasteiger partial charge is 0.494 e. The summed E-state index contributed by atoms with van der Waals surface area (Å²) >= 11 is 6.22. The number of anilines is 2. The normalized spacial score (nSPS) is 16.9. The minimum absolute atomic E-state index is 0.0156. The zero-order chi connectivity index (χ0) is 24.2. The summed E-state index contributed by atoms with van der Waals surface area (Å²) in [6, 6.07) is 13.9. The molecule has 0 saturated carbocycles. The van der Waals surface area contributed by atoms with Gasteiger partial charge in [0, 0.05) is 31.9 Å². The lowest BCUT2D eigenvalue weighted by Gasteiger charge is -2.32. The molecule has 0 unspecified atom stereocenters. The predicted octanol–water partition coefficient (Wildman–Crippen LogP) is 2.84. The third-order valence-corrected chi connectivity index (χ3v) is 6.22. The van der Waals surface area contributed by atoms with Crippen LogP contribution in [0, 0.1) is 0 Å². The zero-order valence-electron chi connectivity index (χ0n) is 19.2. The molecule has 0 atom stereocenters. The highest BCUT2D eigenvalue weighted by Crippen LogP contribution is 2.31. The van der Waals surface area contributed by atoms with Crippen molar-refractivity contribution >= 4 is 40.7 Å². The van der Waals surface area contributed by atoms with Crippen molar-refractivity contribution in [2.45, 2.75) is 13.3 Å². The van der Waals surface area contributed by atoms with Gasteiger partial charge < -0.3 is 19.9 Å². The van der Waals surface area contributed by atoms with E-state index in [0.717, 1.165) is 36.6 Å². The molecular formula is C25H27ClN4O4. The number of benzene rings is 2. The Morgan fingerprint density at radius 3 is 2.24 bits per heavy atom. The Hall–Kier alpha value is -3.36. The SMILES string of the molecule is CCOc1ccc(N2C(=O)C(Cl)=C(Nc3ccc(CC(=O)N4CCN(C)CC4)cc3)C2=O)cc1. The molecule has 8 nitrogen and oxygen atoms in total. The van der Waals surface area contributed by atoms with Gasteiger partial charge in [-0.3, -0.25) is 14.4 Å². The molecule has 0 aromatic heterocycles. The van der Waals surface area contributed by atoms with E-state index >= 15 is 0 Å². The van der Waals surface area contributed by atoms with Crippen LogP contribution in [0.2, 0.25) is 0 Å². The van der Waals surface area contributed by atoms with Gasteiger partial charge in [-0.05, 0) is 55.9 Å². The number of carbonyl (C=O) groups is 3. The highest BCUT2D eigenvalue weighted by atomic mass is 35.5. The molecule has 2 aromatic rings. The van der Waals surface area contributed by atoms with Gasteiger partial charge in [0.25, 0.3) is 11.8 Å². The minimum Gasteiger partial charge on any atom is -0.494 e. The molecule has 1 saturated heterocycles. The maximum Gasteiger partial charge on any atom is 0.283 e. The molecule has 34 heavy (non-hydrogen) atoms.